The van der Waals surface area contributed by atoms with Crippen molar-refractivity contribution in [1.82, 2.24) is 0 Å². The van der Waals surface area contributed by atoms with Crippen LogP contribution in [-0.4, -0.2) is 25.2 Å². The Morgan fingerprint density at radius 1 is 1.71 bits per heavy atom. The summed E-state index contributed by atoms with van der Waals surface area (Å²) < 4.78 is 20.0. The highest BCUT2D eigenvalue weighted by molar-refractivity contribution is 7.91. The molecule has 0 bridgehead atoms. The molecule has 3 nitrogen and oxygen atoms in total. The maximum Gasteiger partial charge on any atom is 0.173 e. The monoisotopic (exact) mass is 123 g/mol. The SMILES string of the molecule is [CH2]C(O)S(C)(=O)=O. The highest BCUT2D eigenvalue weighted by Gasteiger charge is 2.07. The molecule has 0 spiro atoms. The molecule has 0 saturated heterocycles. The van der Waals surface area contributed by atoms with E-state index in [-0.39, 0.29) is 0 Å². The largest absolute Gasteiger partial charge is 0.377 e. The average molecular weight is 123 g/mol. The van der Waals surface area contributed by atoms with Crippen molar-refractivity contribution in [3.05, 3.63) is 6.92 Å². The number of rotatable bonds is 1. The van der Waals surface area contributed by atoms with Crippen LogP contribution in [0.3, 0.4) is 0 Å². The Hall–Kier alpha value is -0.0900. The minimum Gasteiger partial charge on any atom is -0.377 e. The van der Waals surface area contributed by atoms with E-state index in [1.807, 2.05) is 0 Å². The third kappa shape index (κ3) is 2.59. The Morgan fingerprint density at radius 2 is 1.86 bits per heavy atom. The van der Waals surface area contributed by atoms with Gasteiger partial charge in [0.25, 0.3) is 0 Å². The van der Waals surface area contributed by atoms with Crippen LogP contribution >= 0.6 is 0 Å². The van der Waals surface area contributed by atoms with Gasteiger partial charge in [0.2, 0.25) is 0 Å². The van der Waals surface area contributed by atoms with Gasteiger partial charge in [0.1, 0.15) is 0 Å². The van der Waals surface area contributed by atoms with Crippen molar-refractivity contribution in [3.8, 4) is 0 Å². The molecular weight excluding hydrogens is 116 g/mol. The predicted octanol–water partition coefficient (Wildman–Crippen LogP) is -0.817. The zero-order valence-corrected chi connectivity index (χ0v) is 4.77. The van der Waals surface area contributed by atoms with Gasteiger partial charge in [-0.25, -0.2) is 8.42 Å². The summed E-state index contributed by atoms with van der Waals surface area (Å²) in [5.41, 5.74) is -1.48. The summed E-state index contributed by atoms with van der Waals surface area (Å²) in [5.74, 6) is 0. The molecule has 43 valence electrons. The summed E-state index contributed by atoms with van der Waals surface area (Å²) >= 11 is 0. The van der Waals surface area contributed by atoms with Gasteiger partial charge in [-0.05, 0) is 6.92 Å². The van der Waals surface area contributed by atoms with Crippen LogP contribution in [0.1, 0.15) is 0 Å². The second-order valence-electron chi connectivity index (χ2n) is 1.28. The van der Waals surface area contributed by atoms with Gasteiger partial charge in [-0.15, -0.1) is 0 Å². The van der Waals surface area contributed by atoms with E-state index in [1.165, 1.54) is 0 Å². The molecule has 0 aromatic carbocycles. The van der Waals surface area contributed by atoms with Gasteiger partial charge in [-0.3, -0.25) is 0 Å². The van der Waals surface area contributed by atoms with E-state index < -0.39 is 15.3 Å². The molecule has 0 aromatic heterocycles. The van der Waals surface area contributed by atoms with Crippen LogP contribution in [0.15, 0.2) is 0 Å². The van der Waals surface area contributed by atoms with Crippen molar-refractivity contribution in [3.63, 3.8) is 0 Å². The Kier molecular flexibility index (Phi) is 1.77. The first kappa shape index (κ1) is 6.91. The molecule has 0 aliphatic heterocycles. The van der Waals surface area contributed by atoms with E-state index in [4.69, 9.17) is 5.11 Å². The summed E-state index contributed by atoms with van der Waals surface area (Å²) in [7, 11) is -3.30. The number of hydrogen-bond donors (Lipinski definition) is 1. The van der Waals surface area contributed by atoms with Crippen LogP contribution in [0, 0.1) is 6.92 Å². The highest BCUT2D eigenvalue weighted by atomic mass is 32.2. The lowest BCUT2D eigenvalue weighted by atomic mass is 10.9. The molecule has 1 atom stereocenters. The molecule has 0 heterocycles. The maximum atomic E-state index is 10.0. The van der Waals surface area contributed by atoms with E-state index in [1.54, 1.807) is 0 Å². The van der Waals surface area contributed by atoms with Crippen LogP contribution in [-0.2, 0) is 9.84 Å². The fourth-order valence-electron chi connectivity index (χ4n) is 0. The van der Waals surface area contributed by atoms with Crippen molar-refractivity contribution < 1.29 is 13.5 Å². The molecule has 7 heavy (non-hydrogen) atoms. The number of sulfone groups is 1. The first-order chi connectivity index (χ1) is 2.94. The van der Waals surface area contributed by atoms with Crippen molar-refractivity contribution in [2.24, 2.45) is 0 Å². The number of aliphatic hydroxyl groups is 1. The highest BCUT2D eigenvalue weighted by Crippen LogP contribution is 1.88. The lowest BCUT2D eigenvalue weighted by molar-refractivity contribution is 0.293. The molecule has 4 heteroatoms. The summed E-state index contributed by atoms with van der Waals surface area (Å²) in [5, 5.41) is 8.19. The second kappa shape index (κ2) is 1.79. The first-order valence-electron chi connectivity index (χ1n) is 1.64. The Labute approximate surface area is 42.9 Å². The molecule has 0 rings (SSSR count). The van der Waals surface area contributed by atoms with Crippen molar-refractivity contribution in [2.45, 2.75) is 5.44 Å². The van der Waals surface area contributed by atoms with Gasteiger partial charge in [-0.2, -0.15) is 0 Å². The molecule has 0 aliphatic carbocycles. The van der Waals surface area contributed by atoms with Gasteiger partial charge in [0.05, 0.1) is 0 Å². The molecule has 0 fully saturated rings. The topological polar surface area (TPSA) is 54.4 Å². The fraction of sp³-hybridized carbons (Fsp3) is 0.667. The molecule has 1 unspecified atom stereocenters. The molecule has 1 radical (unpaired) electrons. The fourth-order valence-corrected chi connectivity index (χ4v) is 0. The smallest absolute Gasteiger partial charge is 0.173 e. The normalized spacial score (nSPS) is 16.4. The summed E-state index contributed by atoms with van der Waals surface area (Å²) in [6.07, 6.45) is 0.921. The standard InChI is InChI=1S/C3H7O3S/c1-3(4)7(2,5)6/h3-4H,1H2,2H3. The molecule has 0 saturated carbocycles. The lowest BCUT2D eigenvalue weighted by Crippen LogP contribution is -2.14. The lowest BCUT2D eigenvalue weighted by Gasteiger charge is -1.95. The average Bonchev–Trinajstić information content (AvgIpc) is 1.31. The van der Waals surface area contributed by atoms with E-state index in [0.29, 0.717) is 0 Å². The number of hydrogen-bond acceptors (Lipinski definition) is 3. The Bertz CT molecular complexity index is 132. The summed E-state index contributed by atoms with van der Waals surface area (Å²) in [6.45, 7) is 2.88. The third-order valence-corrected chi connectivity index (χ3v) is 1.48. The van der Waals surface area contributed by atoms with Crippen LogP contribution in [0.4, 0.5) is 0 Å². The van der Waals surface area contributed by atoms with Crippen molar-refractivity contribution >= 4 is 9.84 Å². The molecule has 0 aromatic rings. The molecular formula is C3H7O3S. The molecule has 0 aliphatic rings. The quantitative estimate of drug-likeness (QED) is 0.496. The Balaban J connectivity index is 4.10. The summed E-state index contributed by atoms with van der Waals surface area (Å²) in [6, 6.07) is 0. The maximum absolute atomic E-state index is 10.0. The van der Waals surface area contributed by atoms with Crippen molar-refractivity contribution in [1.29, 1.82) is 0 Å². The molecule has 0 amide bonds. The van der Waals surface area contributed by atoms with E-state index in [9.17, 15) is 8.42 Å². The van der Waals surface area contributed by atoms with Crippen LogP contribution in [0.2, 0.25) is 0 Å². The van der Waals surface area contributed by atoms with Crippen LogP contribution in [0.5, 0.6) is 0 Å². The first-order valence-corrected chi connectivity index (χ1v) is 3.60. The van der Waals surface area contributed by atoms with Gasteiger partial charge in [-0.1, -0.05) is 0 Å². The summed E-state index contributed by atoms with van der Waals surface area (Å²) in [4.78, 5) is 0. The minimum absolute atomic E-state index is 0.921. The van der Waals surface area contributed by atoms with Gasteiger partial charge in [0, 0.05) is 6.26 Å². The van der Waals surface area contributed by atoms with E-state index in [0.717, 1.165) is 6.26 Å². The van der Waals surface area contributed by atoms with Gasteiger partial charge >= 0.3 is 0 Å². The van der Waals surface area contributed by atoms with Crippen LogP contribution < -0.4 is 0 Å². The van der Waals surface area contributed by atoms with Gasteiger partial charge in [0.15, 0.2) is 15.3 Å². The second-order valence-corrected chi connectivity index (χ2v) is 3.49. The molecule has 1 N–H and O–H groups in total. The Morgan fingerprint density at radius 3 is 1.86 bits per heavy atom. The third-order valence-electron chi connectivity index (χ3n) is 0.494. The van der Waals surface area contributed by atoms with E-state index in [2.05, 4.69) is 6.92 Å². The van der Waals surface area contributed by atoms with Crippen molar-refractivity contribution in [2.75, 3.05) is 6.26 Å². The van der Waals surface area contributed by atoms with Gasteiger partial charge < -0.3 is 5.11 Å². The van der Waals surface area contributed by atoms with E-state index >= 15 is 0 Å². The van der Waals surface area contributed by atoms with Crippen LogP contribution in [0.25, 0.3) is 0 Å². The zero-order chi connectivity index (χ0) is 6.08. The number of aliphatic hydroxyl groups excluding tert-OH is 1. The minimum atomic E-state index is -3.30. The zero-order valence-electron chi connectivity index (χ0n) is 3.96. The predicted molar refractivity (Wildman–Crippen MR) is 26.2 cm³/mol.